The van der Waals surface area contributed by atoms with Crippen molar-refractivity contribution in [2.24, 2.45) is 0 Å². The van der Waals surface area contributed by atoms with Crippen LogP contribution in [0.5, 0.6) is 5.75 Å². The van der Waals surface area contributed by atoms with Crippen LogP contribution in [0.15, 0.2) is 42.5 Å². The summed E-state index contributed by atoms with van der Waals surface area (Å²) in [7, 11) is 0. The van der Waals surface area contributed by atoms with Gasteiger partial charge < -0.3 is 10.1 Å². The van der Waals surface area contributed by atoms with E-state index >= 15 is 0 Å². The molecule has 1 N–H and O–H groups in total. The minimum Gasteiger partial charge on any atom is -0.484 e. The van der Waals surface area contributed by atoms with Crippen LogP contribution in [0, 0.1) is 15.9 Å². The number of nitrogens with one attached hydrogen (secondary N) is 1. The molecule has 0 bridgehead atoms. The smallest absolute Gasteiger partial charge is 0.306 e. The van der Waals surface area contributed by atoms with E-state index in [-0.39, 0.29) is 12.3 Å². The highest BCUT2D eigenvalue weighted by Gasteiger charge is 2.15. The first-order valence-corrected chi connectivity index (χ1v) is 7.33. The van der Waals surface area contributed by atoms with E-state index in [2.05, 4.69) is 19.2 Å². The van der Waals surface area contributed by atoms with E-state index in [4.69, 9.17) is 4.74 Å². The lowest BCUT2D eigenvalue weighted by atomic mass is 10.0. The molecule has 0 aliphatic rings. The molecule has 6 nitrogen and oxygen atoms in total. The standard InChI is InChI=1S/C17H17FN2O4/c1-11(2)12-3-6-14(7-4-12)24-10-17(21)19-13-5-8-15(18)16(9-13)20(22)23/h3-9,11H,10H2,1-2H3,(H,19,21). The zero-order valence-corrected chi connectivity index (χ0v) is 13.3. The fraction of sp³-hybridized carbons (Fsp3) is 0.235. The van der Waals surface area contributed by atoms with Crippen LogP contribution in [-0.4, -0.2) is 17.4 Å². The number of amides is 1. The fourth-order valence-corrected chi connectivity index (χ4v) is 2.03. The first-order chi connectivity index (χ1) is 11.4. The molecular weight excluding hydrogens is 315 g/mol. The van der Waals surface area contributed by atoms with Crippen molar-refractivity contribution < 1.29 is 18.8 Å². The molecule has 2 rings (SSSR count). The quantitative estimate of drug-likeness (QED) is 0.643. The van der Waals surface area contributed by atoms with Crippen LogP contribution in [0.2, 0.25) is 0 Å². The number of rotatable bonds is 6. The lowest BCUT2D eigenvalue weighted by Crippen LogP contribution is -2.20. The number of nitro groups is 1. The Morgan fingerprint density at radius 2 is 1.92 bits per heavy atom. The Morgan fingerprint density at radius 3 is 2.50 bits per heavy atom. The molecule has 2 aromatic carbocycles. The third kappa shape index (κ3) is 4.52. The summed E-state index contributed by atoms with van der Waals surface area (Å²) in [6, 6.07) is 10.5. The number of hydrogen-bond donors (Lipinski definition) is 1. The van der Waals surface area contributed by atoms with Gasteiger partial charge in [-0.3, -0.25) is 14.9 Å². The Balaban J connectivity index is 1.94. The van der Waals surface area contributed by atoms with Crippen molar-refractivity contribution >= 4 is 17.3 Å². The van der Waals surface area contributed by atoms with E-state index in [0.29, 0.717) is 11.7 Å². The summed E-state index contributed by atoms with van der Waals surface area (Å²) in [5, 5.41) is 13.1. The summed E-state index contributed by atoms with van der Waals surface area (Å²) in [6.07, 6.45) is 0. The normalized spacial score (nSPS) is 10.5. The zero-order valence-electron chi connectivity index (χ0n) is 13.3. The number of nitrogens with zero attached hydrogens (tertiary/aromatic N) is 1. The molecule has 126 valence electrons. The highest BCUT2D eigenvalue weighted by atomic mass is 19.1. The van der Waals surface area contributed by atoms with Gasteiger partial charge in [-0.15, -0.1) is 0 Å². The molecule has 0 aliphatic heterocycles. The number of nitro benzene ring substituents is 1. The van der Waals surface area contributed by atoms with Crippen molar-refractivity contribution in [2.75, 3.05) is 11.9 Å². The summed E-state index contributed by atoms with van der Waals surface area (Å²) < 4.78 is 18.6. The Labute approximate surface area is 138 Å². The molecule has 2 aromatic rings. The van der Waals surface area contributed by atoms with Crippen molar-refractivity contribution in [3.63, 3.8) is 0 Å². The van der Waals surface area contributed by atoms with Gasteiger partial charge in [0.05, 0.1) is 4.92 Å². The first kappa shape index (κ1) is 17.4. The largest absolute Gasteiger partial charge is 0.484 e. The predicted molar refractivity (Wildman–Crippen MR) is 87.7 cm³/mol. The third-order valence-electron chi connectivity index (χ3n) is 3.34. The van der Waals surface area contributed by atoms with Gasteiger partial charge in [0.25, 0.3) is 5.91 Å². The predicted octanol–water partition coefficient (Wildman–Crippen LogP) is 3.87. The Morgan fingerprint density at radius 1 is 1.25 bits per heavy atom. The molecule has 0 aromatic heterocycles. The molecule has 7 heteroatoms. The van der Waals surface area contributed by atoms with E-state index in [1.54, 1.807) is 12.1 Å². The van der Waals surface area contributed by atoms with Crippen molar-refractivity contribution in [3.8, 4) is 5.75 Å². The second kappa shape index (κ2) is 7.54. The monoisotopic (exact) mass is 332 g/mol. The van der Waals surface area contributed by atoms with Gasteiger partial charge in [0.15, 0.2) is 6.61 Å². The number of hydrogen-bond acceptors (Lipinski definition) is 4. The van der Waals surface area contributed by atoms with Crippen molar-refractivity contribution in [1.29, 1.82) is 0 Å². The number of halogens is 1. The lowest BCUT2D eigenvalue weighted by Gasteiger charge is -2.09. The summed E-state index contributed by atoms with van der Waals surface area (Å²) >= 11 is 0. The number of carbonyl (C=O) groups excluding carboxylic acids is 1. The second-order valence-electron chi connectivity index (χ2n) is 5.48. The number of anilines is 1. The Hall–Kier alpha value is -2.96. The topological polar surface area (TPSA) is 81.5 Å². The van der Waals surface area contributed by atoms with E-state index in [1.807, 2.05) is 12.1 Å². The maximum absolute atomic E-state index is 13.2. The van der Waals surface area contributed by atoms with Gasteiger partial charge >= 0.3 is 5.69 Å². The molecule has 1 amide bonds. The minimum atomic E-state index is -0.959. The summed E-state index contributed by atoms with van der Waals surface area (Å²) in [5.41, 5.74) is 0.593. The van der Waals surface area contributed by atoms with Gasteiger partial charge in [-0.05, 0) is 35.7 Å². The maximum Gasteiger partial charge on any atom is 0.306 e. The van der Waals surface area contributed by atoms with Crippen LogP contribution >= 0.6 is 0 Å². The van der Waals surface area contributed by atoms with Gasteiger partial charge in [-0.1, -0.05) is 26.0 Å². The molecule has 0 aliphatic carbocycles. The zero-order chi connectivity index (χ0) is 17.7. The van der Waals surface area contributed by atoms with E-state index < -0.39 is 22.3 Å². The summed E-state index contributed by atoms with van der Waals surface area (Å²) in [6.45, 7) is 3.89. The van der Waals surface area contributed by atoms with Gasteiger partial charge in [0.2, 0.25) is 5.82 Å². The molecule has 24 heavy (non-hydrogen) atoms. The van der Waals surface area contributed by atoms with Crippen LogP contribution in [0.4, 0.5) is 15.8 Å². The van der Waals surface area contributed by atoms with Gasteiger partial charge in [0.1, 0.15) is 5.75 Å². The van der Waals surface area contributed by atoms with Crippen LogP contribution in [0.3, 0.4) is 0 Å². The first-order valence-electron chi connectivity index (χ1n) is 7.33. The maximum atomic E-state index is 13.2. The summed E-state index contributed by atoms with van der Waals surface area (Å²) in [4.78, 5) is 21.7. The van der Waals surface area contributed by atoms with Crippen molar-refractivity contribution in [2.45, 2.75) is 19.8 Å². The minimum absolute atomic E-state index is 0.131. The second-order valence-corrected chi connectivity index (χ2v) is 5.48. The molecule has 0 saturated heterocycles. The molecule has 0 saturated carbocycles. The molecule has 0 heterocycles. The van der Waals surface area contributed by atoms with Crippen molar-refractivity contribution in [1.82, 2.24) is 0 Å². The van der Waals surface area contributed by atoms with E-state index in [1.165, 1.54) is 6.07 Å². The number of ether oxygens (including phenoxy) is 1. The highest BCUT2D eigenvalue weighted by molar-refractivity contribution is 5.92. The van der Waals surface area contributed by atoms with Crippen LogP contribution in [-0.2, 0) is 4.79 Å². The number of benzene rings is 2. The van der Waals surface area contributed by atoms with Gasteiger partial charge in [-0.2, -0.15) is 4.39 Å². The fourth-order valence-electron chi connectivity index (χ4n) is 2.03. The van der Waals surface area contributed by atoms with Crippen molar-refractivity contribution in [3.05, 3.63) is 64.0 Å². The molecule has 0 fully saturated rings. The number of carbonyl (C=O) groups is 1. The molecule has 0 spiro atoms. The average Bonchev–Trinajstić information content (AvgIpc) is 2.55. The Kier molecular flexibility index (Phi) is 5.47. The van der Waals surface area contributed by atoms with Gasteiger partial charge in [0, 0.05) is 11.8 Å². The molecule has 0 atom stereocenters. The van der Waals surface area contributed by atoms with E-state index in [0.717, 1.165) is 17.7 Å². The highest BCUT2D eigenvalue weighted by Crippen LogP contribution is 2.22. The molecule has 0 radical (unpaired) electrons. The van der Waals surface area contributed by atoms with Gasteiger partial charge in [-0.25, -0.2) is 0 Å². The molecule has 0 unspecified atom stereocenters. The van der Waals surface area contributed by atoms with Crippen LogP contribution in [0.25, 0.3) is 0 Å². The SMILES string of the molecule is CC(C)c1ccc(OCC(=O)Nc2ccc(F)c([N+](=O)[O-])c2)cc1. The lowest BCUT2D eigenvalue weighted by molar-refractivity contribution is -0.387. The van der Waals surface area contributed by atoms with E-state index in [9.17, 15) is 19.3 Å². The van der Waals surface area contributed by atoms with Crippen LogP contribution < -0.4 is 10.1 Å². The average molecular weight is 332 g/mol. The third-order valence-corrected chi connectivity index (χ3v) is 3.34. The van der Waals surface area contributed by atoms with Crippen LogP contribution in [0.1, 0.15) is 25.3 Å². The summed E-state index contributed by atoms with van der Waals surface area (Å²) in [5.74, 6) is -0.514. The molecular formula is C17H17FN2O4. The Bertz CT molecular complexity index is 745.